The van der Waals surface area contributed by atoms with Gasteiger partial charge in [-0.2, -0.15) is 26.3 Å². The molecule has 0 atom stereocenters. The van der Waals surface area contributed by atoms with Gasteiger partial charge < -0.3 is 50.3 Å². The summed E-state index contributed by atoms with van der Waals surface area (Å²) < 4.78 is 193. The van der Waals surface area contributed by atoms with Gasteiger partial charge in [-0.25, -0.2) is 72.2 Å². The Kier molecular flexibility index (Phi) is 44.0. The molecule has 28 nitrogen and oxygen atoms in total. The summed E-state index contributed by atoms with van der Waals surface area (Å²) in [6.07, 6.45) is -3.52. The Bertz CT molecular complexity index is 5000. The van der Waals surface area contributed by atoms with Crippen LogP contribution in [0.15, 0.2) is 84.9 Å². The molecule has 0 bridgehead atoms. The van der Waals surface area contributed by atoms with Crippen LogP contribution < -0.4 is 45.2 Å². The number of nitrogen functional groups attached to an aromatic ring is 1. The molecule has 0 saturated carbocycles. The van der Waals surface area contributed by atoms with Crippen molar-refractivity contribution in [3.63, 3.8) is 0 Å². The molecule has 630 valence electrons. The summed E-state index contributed by atoms with van der Waals surface area (Å²) in [6.45, 7) is 10.9. The maximum absolute atomic E-state index is 12.9. The number of hydrogen-bond donors (Lipinski definition) is 8. The van der Waals surface area contributed by atoms with E-state index >= 15 is 0 Å². The summed E-state index contributed by atoms with van der Waals surface area (Å²) >= 11 is 25.6. The number of carbonyl (C=O) groups is 4. The number of alkyl halides is 6. The third-order valence-electron chi connectivity index (χ3n) is 14.1. The molecular formula is C67H83Cl6F6N9O19S6. The van der Waals surface area contributed by atoms with Crippen molar-refractivity contribution in [2.75, 3.05) is 117 Å². The highest BCUT2D eigenvalue weighted by atomic mass is 35.7. The molecule has 0 radical (unpaired) electrons. The van der Waals surface area contributed by atoms with Gasteiger partial charge in [0.25, 0.3) is 5.91 Å². The highest BCUT2D eigenvalue weighted by molar-refractivity contribution is 8.13. The van der Waals surface area contributed by atoms with E-state index in [4.69, 9.17) is 77.2 Å². The van der Waals surface area contributed by atoms with Gasteiger partial charge in [-0.05, 0) is 159 Å². The Hall–Kier alpha value is -7.10. The molecule has 6 aromatic carbocycles. The molecule has 0 unspecified atom stereocenters. The van der Waals surface area contributed by atoms with Gasteiger partial charge in [0.1, 0.15) is 39.7 Å². The zero-order valence-electron chi connectivity index (χ0n) is 62.2. The molecule has 0 saturated heterocycles. The van der Waals surface area contributed by atoms with Gasteiger partial charge >= 0.3 is 30.3 Å². The number of nitrogens with one attached hydrogen (secondary N) is 4. The van der Waals surface area contributed by atoms with Crippen LogP contribution in [0.4, 0.5) is 36.6 Å². The van der Waals surface area contributed by atoms with E-state index in [0.717, 1.165) is 77.5 Å². The molecule has 0 spiro atoms. The number of carboxylic acid groups (broad SMARTS) is 1. The maximum atomic E-state index is 12.9. The molecule has 8 aromatic rings. The first-order valence-electron chi connectivity index (χ1n) is 32.0. The van der Waals surface area contributed by atoms with Crippen molar-refractivity contribution in [3.05, 3.63) is 161 Å². The molecule has 0 aliphatic heterocycles. The zero-order valence-corrected chi connectivity index (χ0v) is 71.7. The standard InChI is InChI=1S/C18H15ClF3N3O4S2.C12H16ClNO5S.C11H14ClNO5S.C11H14ClNO3.C8H5F3N2S.C6H15N.CH3ClO2S.ClH/c1-31(28,29)23-5-4-9-6-11(19)8-12(15(9)26)16(27)25-17-24-13-3-2-10(18(20,21)22)7-14(13)30-17;1-18-11-8(4-5-14-20(3,16)17)6-9(13)7-10(11)12(15)19-2;1-18-10-7(3-4-13-19(2,16)17)5-8(12)6-9(10)11(14)15;1-15-10-7(3-4-13)5-8(12)6-9(10)11(14)16-2;9-8(10,11)4-1-2-5-6(3-4)14-7(12)13-5;1-4-7(5-2)6-3;1-5(2,3)4;/h2-3,6-8,23,26H,4-5H2,1H3,(H,24,25,27);6-7,14H,4-5H2,1-3H3;5-6,13H,3-4H2,1-2H3,(H,14,15);5-6H,3-4,13H2,1-2H3;1-3H,(H2,12,13);4-6H2,1-3H3;1H3;1H. The summed E-state index contributed by atoms with van der Waals surface area (Å²) in [7, 11) is -1.85. The van der Waals surface area contributed by atoms with Crippen molar-refractivity contribution >= 4 is 186 Å². The number of phenols is 1. The zero-order chi connectivity index (χ0) is 85.6. The topological polar surface area (TPSA) is 421 Å². The minimum Gasteiger partial charge on any atom is -0.507 e. The summed E-state index contributed by atoms with van der Waals surface area (Å²) in [4.78, 5) is 57.2. The number of ether oxygens (including phenoxy) is 5. The average Bonchev–Trinajstić information content (AvgIpc) is 1.81. The number of thiazole rings is 2. The van der Waals surface area contributed by atoms with Crippen LogP contribution in [0, 0.1) is 0 Å². The number of anilines is 2. The van der Waals surface area contributed by atoms with E-state index in [1.807, 2.05) is 0 Å². The molecule has 10 N–H and O–H groups in total. The van der Waals surface area contributed by atoms with Crippen LogP contribution >= 0.6 is 92.2 Å². The smallest absolute Gasteiger partial charge is 0.416 e. The van der Waals surface area contributed by atoms with Crippen LogP contribution in [0.2, 0.25) is 20.1 Å². The molecule has 8 rings (SSSR count). The van der Waals surface area contributed by atoms with Crippen LogP contribution in [-0.4, -0.2) is 189 Å². The van der Waals surface area contributed by atoms with Crippen LogP contribution in [0.5, 0.6) is 23.0 Å². The van der Waals surface area contributed by atoms with Gasteiger partial charge in [-0.15, -0.1) is 12.4 Å². The minimum absolute atomic E-state index is 0. The van der Waals surface area contributed by atoms with E-state index in [-0.39, 0.29) is 103 Å². The lowest BCUT2D eigenvalue weighted by Gasteiger charge is -2.13. The number of methoxy groups -OCH3 is 5. The third kappa shape index (κ3) is 38.0. The number of aromatic hydroxyl groups is 1. The number of carbonyl (C=O) groups excluding carboxylic acids is 3. The normalized spacial score (nSPS) is 11.3. The fourth-order valence-corrected chi connectivity index (χ4v) is 13.4. The number of fused-ring (bicyclic) bond motifs is 2. The second kappa shape index (κ2) is 47.8. The quantitative estimate of drug-likeness (QED) is 0.0150. The number of amides is 1. The van der Waals surface area contributed by atoms with Gasteiger partial charge in [-0.1, -0.05) is 89.8 Å². The van der Waals surface area contributed by atoms with Crippen molar-refractivity contribution in [1.29, 1.82) is 0 Å². The van der Waals surface area contributed by atoms with E-state index in [2.05, 4.69) is 75.3 Å². The van der Waals surface area contributed by atoms with Crippen molar-refractivity contribution < 1.29 is 113 Å². The maximum Gasteiger partial charge on any atom is 0.416 e. The molecule has 0 aliphatic rings. The Morgan fingerprint density at radius 1 is 0.522 bits per heavy atom. The number of halogens is 12. The van der Waals surface area contributed by atoms with Gasteiger partial charge in [0.15, 0.2) is 10.3 Å². The van der Waals surface area contributed by atoms with Crippen molar-refractivity contribution in [3.8, 4) is 23.0 Å². The Labute approximate surface area is 688 Å². The average molecular weight is 1840 g/mol. The molecule has 113 heavy (non-hydrogen) atoms. The monoisotopic (exact) mass is 1830 g/mol. The summed E-state index contributed by atoms with van der Waals surface area (Å²) in [5.41, 5.74) is 12.6. The second-order valence-corrected chi connectivity index (χ2v) is 35.0. The van der Waals surface area contributed by atoms with E-state index in [1.165, 1.54) is 97.6 Å². The van der Waals surface area contributed by atoms with Crippen molar-refractivity contribution in [2.24, 2.45) is 5.73 Å². The molecule has 1 amide bonds. The number of aromatic carboxylic acids is 1. The Balaban J connectivity index is 0.000000695. The number of esters is 2. The molecule has 46 heteroatoms. The molecule has 0 fully saturated rings. The lowest BCUT2D eigenvalue weighted by Crippen LogP contribution is -2.24. The van der Waals surface area contributed by atoms with Gasteiger partial charge in [0.05, 0.1) is 97.7 Å². The number of nitrogens with zero attached hydrogens (tertiary/aromatic N) is 3. The lowest BCUT2D eigenvalue weighted by atomic mass is 10.1. The van der Waals surface area contributed by atoms with E-state index in [9.17, 15) is 84.3 Å². The first-order chi connectivity index (χ1) is 51.8. The number of nitrogens with two attached hydrogens (primary N) is 2. The predicted molar refractivity (Wildman–Crippen MR) is 432 cm³/mol. The lowest BCUT2D eigenvalue weighted by molar-refractivity contribution is -0.138. The minimum atomic E-state index is -4.50. The van der Waals surface area contributed by atoms with Crippen LogP contribution in [0.3, 0.4) is 0 Å². The molecular weight excluding hydrogens is 1750 g/mol. The summed E-state index contributed by atoms with van der Waals surface area (Å²) in [5.74, 6) is -2.37. The molecule has 2 heterocycles. The highest BCUT2D eigenvalue weighted by Gasteiger charge is 2.32. The van der Waals surface area contributed by atoms with Crippen molar-refractivity contribution in [2.45, 2.75) is 58.8 Å². The molecule has 2 aromatic heterocycles. The number of benzene rings is 6. The van der Waals surface area contributed by atoms with Gasteiger partial charge in [0.2, 0.25) is 39.1 Å². The number of carboxylic acids is 1. The number of phenolic OH excluding ortho intramolecular Hbond substituents is 1. The van der Waals surface area contributed by atoms with Crippen LogP contribution in [0.1, 0.15) is 95.6 Å². The number of hydrogen-bond acceptors (Lipinski definition) is 25. The van der Waals surface area contributed by atoms with E-state index in [1.54, 1.807) is 18.2 Å². The third-order valence-corrected chi connectivity index (χ3v) is 19.0. The second-order valence-electron chi connectivity index (χ2n) is 22.7. The first kappa shape index (κ1) is 104. The fourth-order valence-electron chi connectivity index (χ4n) is 9.31. The van der Waals surface area contributed by atoms with Gasteiger partial charge in [-0.3, -0.25) is 10.1 Å². The predicted octanol–water partition coefficient (Wildman–Crippen LogP) is 12.9. The van der Waals surface area contributed by atoms with Crippen molar-refractivity contribution in [1.82, 2.24) is 29.0 Å². The summed E-state index contributed by atoms with van der Waals surface area (Å²) in [6, 6.07) is 18.2. The van der Waals surface area contributed by atoms with E-state index in [0.29, 0.717) is 67.8 Å². The van der Waals surface area contributed by atoms with Crippen LogP contribution in [0.25, 0.3) is 20.4 Å². The number of rotatable bonds is 25. The summed E-state index contributed by atoms with van der Waals surface area (Å²) in [5, 5.41) is 23.4. The first-order valence-corrected chi connectivity index (χ1v) is 43.5. The number of aromatic nitrogens is 2. The largest absolute Gasteiger partial charge is 0.507 e. The SMILES string of the molecule is CCN(CC)CC.COC(=O)c1cc(Cl)cc(CCN)c1OC.COC(=O)c1cc(Cl)cc(CCNS(C)(=O)=O)c1OC.COc1c(CCNS(C)(=O)=O)cc(Cl)cc1C(=O)O.CS(=O)(=O)Cl.CS(=O)(=O)NCCc1cc(Cl)cc(C(=O)Nc2nc3ccc(C(F)(F)F)cc3s2)c1O.Cl.Nc1nc2ccc(C(F)(F)F)cc2s1. The Morgan fingerprint density at radius 3 is 1.18 bits per heavy atom. The van der Waals surface area contributed by atoms with Gasteiger partial charge in [0, 0.05) is 50.4 Å². The van der Waals surface area contributed by atoms with E-state index < -0.39 is 92.2 Å². The number of sulfonamides is 3. The van der Waals surface area contributed by atoms with Crippen LogP contribution in [-0.2, 0) is 86.6 Å². The highest BCUT2D eigenvalue weighted by Crippen LogP contribution is 2.38. The fraction of sp³-hybridized carbons (Fsp3) is 0.373. The molecule has 0 aliphatic carbocycles. The Morgan fingerprint density at radius 2 is 0.850 bits per heavy atom.